The number of rotatable bonds is 3. The van der Waals surface area contributed by atoms with Gasteiger partial charge in [-0.05, 0) is 39.3 Å². The molecule has 84 valence electrons. The zero-order valence-electron chi connectivity index (χ0n) is 9.68. The molecule has 15 heavy (non-hydrogen) atoms. The maximum absolute atomic E-state index is 11.5. The van der Waals surface area contributed by atoms with E-state index in [2.05, 4.69) is 25.2 Å². The summed E-state index contributed by atoms with van der Waals surface area (Å²) in [6.45, 7) is 8.13. The van der Waals surface area contributed by atoms with Gasteiger partial charge in [0.25, 0.3) is 0 Å². The Bertz CT molecular complexity index is 344. The predicted molar refractivity (Wildman–Crippen MR) is 63.9 cm³/mol. The van der Waals surface area contributed by atoms with E-state index in [-0.39, 0.29) is 5.91 Å². The van der Waals surface area contributed by atoms with Crippen molar-refractivity contribution in [2.45, 2.75) is 39.8 Å². The number of thiophene rings is 1. The van der Waals surface area contributed by atoms with E-state index in [1.165, 1.54) is 15.3 Å². The third-order valence-electron chi connectivity index (χ3n) is 2.23. The number of amides is 1. The van der Waals surface area contributed by atoms with Crippen LogP contribution in [-0.4, -0.2) is 11.4 Å². The highest BCUT2D eigenvalue weighted by molar-refractivity contribution is 7.12. The molecule has 0 bridgehead atoms. The van der Waals surface area contributed by atoms with Gasteiger partial charge in [0.15, 0.2) is 0 Å². The van der Waals surface area contributed by atoms with Crippen LogP contribution in [0.1, 0.15) is 29.2 Å². The molecule has 1 heterocycles. The minimum atomic E-state index is -0.804. The Balaban J connectivity index is 2.55. The second-order valence-electron chi connectivity index (χ2n) is 4.36. The van der Waals surface area contributed by atoms with Gasteiger partial charge >= 0.3 is 0 Å². The molecule has 0 aliphatic carbocycles. The molecule has 1 aromatic rings. The second kappa shape index (κ2) is 4.33. The fraction of sp³-hybridized carbons (Fsp3) is 0.545. The van der Waals surface area contributed by atoms with Crippen molar-refractivity contribution >= 4 is 17.2 Å². The number of nitrogens with one attached hydrogen (secondary N) is 1. The molecule has 0 aliphatic rings. The normalized spacial score (nSPS) is 11.5. The van der Waals surface area contributed by atoms with Crippen LogP contribution in [0.25, 0.3) is 0 Å². The lowest BCUT2D eigenvalue weighted by Gasteiger charge is -2.17. The van der Waals surface area contributed by atoms with Crippen molar-refractivity contribution in [1.82, 2.24) is 5.32 Å². The van der Waals surface area contributed by atoms with Crippen LogP contribution in [0.4, 0.5) is 0 Å². The molecule has 3 N–H and O–H groups in total. The van der Waals surface area contributed by atoms with Gasteiger partial charge in [-0.15, -0.1) is 11.3 Å². The Morgan fingerprint density at radius 3 is 2.53 bits per heavy atom. The summed E-state index contributed by atoms with van der Waals surface area (Å²) in [5.74, 6) is -0.119. The van der Waals surface area contributed by atoms with Gasteiger partial charge in [-0.1, -0.05) is 0 Å². The lowest BCUT2D eigenvalue weighted by molar-refractivity contribution is -0.125. The average molecular weight is 226 g/mol. The van der Waals surface area contributed by atoms with E-state index < -0.39 is 5.54 Å². The van der Waals surface area contributed by atoms with Gasteiger partial charge in [-0.3, -0.25) is 4.79 Å². The van der Waals surface area contributed by atoms with E-state index in [0.29, 0.717) is 6.54 Å². The molecule has 1 rings (SSSR count). The fourth-order valence-corrected chi connectivity index (χ4v) is 2.13. The first-order valence-corrected chi connectivity index (χ1v) is 5.75. The lowest BCUT2D eigenvalue weighted by Crippen LogP contribution is -2.48. The number of carbonyl (C=O) groups is 1. The van der Waals surface area contributed by atoms with Crippen LogP contribution < -0.4 is 11.1 Å². The quantitative estimate of drug-likeness (QED) is 0.824. The molecule has 0 saturated heterocycles. The predicted octanol–water partition coefficient (Wildman–Crippen LogP) is 1.72. The van der Waals surface area contributed by atoms with Gasteiger partial charge < -0.3 is 11.1 Å². The minimum Gasteiger partial charge on any atom is -0.350 e. The van der Waals surface area contributed by atoms with Crippen LogP contribution in [-0.2, 0) is 11.3 Å². The molecule has 3 nitrogen and oxygen atoms in total. The zero-order chi connectivity index (χ0) is 11.6. The van der Waals surface area contributed by atoms with Crippen molar-refractivity contribution in [2.24, 2.45) is 5.73 Å². The van der Waals surface area contributed by atoms with Crippen molar-refractivity contribution in [3.8, 4) is 0 Å². The molecule has 4 heteroatoms. The van der Waals surface area contributed by atoms with Gasteiger partial charge in [0.1, 0.15) is 0 Å². The molecule has 0 saturated carbocycles. The Labute approximate surface area is 94.7 Å². The van der Waals surface area contributed by atoms with Crippen molar-refractivity contribution in [3.63, 3.8) is 0 Å². The van der Waals surface area contributed by atoms with Crippen molar-refractivity contribution in [3.05, 3.63) is 21.4 Å². The Morgan fingerprint density at radius 2 is 2.13 bits per heavy atom. The van der Waals surface area contributed by atoms with E-state index in [9.17, 15) is 4.79 Å². The highest BCUT2D eigenvalue weighted by Gasteiger charge is 2.21. The van der Waals surface area contributed by atoms with E-state index in [1.54, 1.807) is 25.2 Å². The summed E-state index contributed by atoms with van der Waals surface area (Å²) in [5, 5.41) is 2.83. The SMILES string of the molecule is Cc1cc(CNC(=O)C(C)(C)N)sc1C. The average Bonchev–Trinajstić information content (AvgIpc) is 2.41. The fourth-order valence-electron chi connectivity index (χ4n) is 1.13. The van der Waals surface area contributed by atoms with Crippen LogP contribution >= 0.6 is 11.3 Å². The molecule has 1 amide bonds. The van der Waals surface area contributed by atoms with E-state index in [0.717, 1.165) is 0 Å². The van der Waals surface area contributed by atoms with Gasteiger partial charge in [-0.25, -0.2) is 0 Å². The summed E-state index contributed by atoms with van der Waals surface area (Å²) in [6, 6.07) is 2.10. The number of hydrogen-bond donors (Lipinski definition) is 2. The molecule has 0 radical (unpaired) electrons. The molecule has 0 unspecified atom stereocenters. The lowest BCUT2D eigenvalue weighted by atomic mass is 10.1. The number of nitrogens with two attached hydrogens (primary N) is 1. The molecule has 0 aliphatic heterocycles. The summed E-state index contributed by atoms with van der Waals surface area (Å²) >= 11 is 1.71. The van der Waals surface area contributed by atoms with Crippen LogP contribution in [0, 0.1) is 13.8 Å². The maximum Gasteiger partial charge on any atom is 0.239 e. The number of carbonyl (C=O) groups excluding carboxylic acids is 1. The minimum absolute atomic E-state index is 0.119. The monoisotopic (exact) mass is 226 g/mol. The molecule has 0 spiro atoms. The number of hydrogen-bond acceptors (Lipinski definition) is 3. The molecular weight excluding hydrogens is 208 g/mol. The van der Waals surface area contributed by atoms with E-state index >= 15 is 0 Å². The second-order valence-corrected chi connectivity index (χ2v) is 5.70. The summed E-state index contributed by atoms with van der Waals surface area (Å²) in [5.41, 5.74) is 6.14. The Kier molecular flexibility index (Phi) is 3.52. The summed E-state index contributed by atoms with van der Waals surface area (Å²) < 4.78 is 0. The molecule has 0 aromatic carbocycles. The van der Waals surface area contributed by atoms with Gasteiger partial charge in [-0.2, -0.15) is 0 Å². The van der Waals surface area contributed by atoms with Crippen LogP contribution in [0.15, 0.2) is 6.07 Å². The van der Waals surface area contributed by atoms with Crippen molar-refractivity contribution in [2.75, 3.05) is 0 Å². The van der Waals surface area contributed by atoms with Crippen molar-refractivity contribution in [1.29, 1.82) is 0 Å². The van der Waals surface area contributed by atoms with Crippen LogP contribution in [0.3, 0.4) is 0 Å². The third kappa shape index (κ3) is 3.32. The van der Waals surface area contributed by atoms with E-state index in [1.807, 2.05) is 0 Å². The van der Waals surface area contributed by atoms with Crippen LogP contribution in [0.2, 0.25) is 0 Å². The summed E-state index contributed by atoms with van der Waals surface area (Å²) in [7, 11) is 0. The van der Waals surface area contributed by atoms with Gasteiger partial charge in [0.2, 0.25) is 5.91 Å². The largest absolute Gasteiger partial charge is 0.350 e. The molecular formula is C11H18N2OS. The van der Waals surface area contributed by atoms with Gasteiger partial charge in [0.05, 0.1) is 12.1 Å². The van der Waals surface area contributed by atoms with Crippen molar-refractivity contribution < 1.29 is 4.79 Å². The van der Waals surface area contributed by atoms with E-state index in [4.69, 9.17) is 5.73 Å². The summed E-state index contributed by atoms with van der Waals surface area (Å²) in [6.07, 6.45) is 0. The first-order valence-electron chi connectivity index (χ1n) is 4.94. The summed E-state index contributed by atoms with van der Waals surface area (Å²) in [4.78, 5) is 14.0. The highest BCUT2D eigenvalue weighted by Crippen LogP contribution is 2.20. The molecule has 1 aromatic heterocycles. The maximum atomic E-state index is 11.5. The smallest absolute Gasteiger partial charge is 0.239 e. The third-order valence-corrected chi connectivity index (χ3v) is 3.38. The standard InChI is InChI=1S/C11H18N2OS/c1-7-5-9(15-8(7)2)6-13-10(14)11(3,4)12/h5H,6,12H2,1-4H3,(H,13,14). The highest BCUT2D eigenvalue weighted by atomic mass is 32.1. The molecule has 0 fully saturated rings. The first-order chi connectivity index (χ1) is 6.80. The van der Waals surface area contributed by atoms with Crippen LogP contribution in [0.5, 0.6) is 0 Å². The van der Waals surface area contributed by atoms with Gasteiger partial charge in [0, 0.05) is 9.75 Å². The Morgan fingerprint density at radius 1 is 1.53 bits per heavy atom. The Hall–Kier alpha value is -0.870. The number of aryl methyl sites for hydroxylation is 2. The topological polar surface area (TPSA) is 55.1 Å². The first kappa shape index (κ1) is 12.2. The zero-order valence-corrected chi connectivity index (χ0v) is 10.5. The molecule has 0 atom stereocenters.